The van der Waals surface area contributed by atoms with Crippen LogP contribution in [0.4, 0.5) is 0 Å². The normalized spacial score (nSPS) is 16.4. The number of carbonyl (C=O) groups is 1. The lowest BCUT2D eigenvalue weighted by molar-refractivity contribution is -0.123. The van der Waals surface area contributed by atoms with Crippen molar-refractivity contribution in [1.29, 1.82) is 5.26 Å². The highest BCUT2D eigenvalue weighted by atomic mass is 35.5. The maximum absolute atomic E-state index is 12.5. The van der Waals surface area contributed by atoms with Crippen LogP contribution in [0.25, 0.3) is 10.9 Å². The van der Waals surface area contributed by atoms with Crippen LogP contribution < -0.4 is 10.9 Å². The van der Waals surface area contributed by atoms with E-state index in [2.05, 4.69) is 16.4 Å². The molecule has 1 fully saturated rings. The summed E-state index contributed by atoms with van der Waals surface area (Å²) in [6.07, 6.45) is 3.10. The van der Waals surface area contributed by atoms with Gasteiger partial charge in [-0.2, -0.15) is 5.26 Å². The molecule has 1 heterocycles. The van der Waals surface area contributed by atoms with Crippen LogP contribution in [-0.4, -0.2) is 21.0 Å². The van der Waals surface area contributed by atoms with Crippen molar-refractivity contribution in [2.24, 2.45) is 5.92 Å². The second-order valence-electron chi connectivity index (χ2n) is 6.10. The molecule has 0 aliphatic heterocycles. The summed E-state index contributed by atoms with van der Waals surface area (Å²) in [7, 11) is 0. The molecular weight excluding hydrogens is 351 g/mol. The minimum absolute atomic E-state index is 0.163. The van der Waals surface area contributed by atoms with Crippen LogP contribution in [0.1, 0.15) is 19.8 Å². The standard InChI is InChI=1S/C16H14Cl2N4O2/c1-16(7-19,9-2-3-9)21-13(23)6-22-8-20-14-11(15(22)24)4-10(17)5-12(14)18/h4-5,8-9H,2-3,6H2,1H3,(H,21,23)/t16-/m1/s1. The van der Waals surface area contributed by atoms with Gasteiger partial charge < -0.3 is 5.32 Å². The lowest BCUT2D eigenvalue weighted by atomic mass is 9.98. The van der Waals surface area contributed by atoms with Crippen LogP contribution in [0.2, 0.25) is 10.0 Å². The van der Waals surface area contributed by atoms with Crippen molar-refractivity contribution in [2.45, 2.75) is 31.8 Å². The van der Waals surface area contributed by atoms with Crippen LogP contribution in [-0.2, 0) is 11.3 Å². The smallest absolute Gasteiger partial charge is 0.261 e. The molecule has 2 aromatic rings. The maximum atomic E-state index is 12.5. The number of nitrogens with one attached hydrogen (secondary N) is 1. The first-order valence-corrected chi connectivity index (χ1v) is 8.16. The fraction of sp³-hybridized carbons (Fsp3) is 0.375. The highest BCUT2D eigenvalue weighted by Gasteiger charge is 2.43. The molecule has 1 aromatic carbocycles. The molecule has 0 spiro atoms. The van der Waals surface area contributed by atoms with Crippen molar-refractivity contribution in [3.05, 3.63) is 38.9 Å². The van der Waals surface area contributed by atoms with Crippen molar-refractivity contribution >= 4 is 40.0 Å². The van der Waals surface area contributed by atoms with E-state index in [-0.39, 0.29) is 22.9 Å². The minimum atomic E-state index is -0.905. The number of nitrogens with zero attached hydrogens (tertiary/aromatic N) is 3. The first-order valence-electron chi connectivity index (χ1n) is 7.40. The number of rotatable bonds is 4. The summed E-state index contributed by atoms with van der Waals surface area (Å²) < 4.78 is 1.18. The molecule has 1 aromatic heterocycles. The van der Waals surface area contributed by atoms with Gasteiger partial charge in [-0.1, -0.05) is 23.2 Å². The van der Waals surface area contributed by atoms with Gasteiger partial charge >= 0.3 is 0 Å². The van der Waals surface area contributed by atoms with Crippen LogP contribution in [0.3, 0.4) is 0 Å². The fourth-order valence-electron chi connectivity index (χ4n) is 2.67. The second kappa shape index (κ2) is 6.08. The third-order valence-electron chi connectivity index (χ3n) is 4.18. The van der Waals surface area contributed by atoms with Crippen LogP contribution >= 0.6 is 23.2 Å². The average molecular weight is 365 g/mol. The number of halogens is 2. The molecule has 6 nitrogen and oxygen atoms in total. The first kappa shape index (κ1) is 16.7. The summed E-state index contributed by atoms with van der Waals surface area (Å²) in [5, 5.41) is 12.8. The van der Waals surface area contributed by atoms with Crippen LogP contribution in [0.5, 0.6) is 0 Å². The molecule has 1 saturated carbocycles. The van der Waals surface area contributed by atoms with Gasteiger partial charge in [0.05, 0.1) is 28.3 Å². The molecule has 1 N–H and O–H groups in total. The van der Waals surface area contributed by atoms with E-state index >= 15 is 0 Å². The Kier molecular flexibility index (Phi) is 4.24. The summed E-state index contributed by atoms with van der Waals surface area (Å²) in [5.41, 5.74) is -0.982. The Hall–Kier alpha value is -2.10. The number of fused-ring (bicyclic) bond motifs is 1. The zero-order valence-electron chi connectivity index (χ0n) is 12.8. The number of hydrogen-bond acceptors (Lipinski definition) is 4. The van der Waals surface area contributed by atoms with Crippen LogP contribution in [0.15, 0.2) is 23.3 Å². The van der Waals surface area contributed by atoms with E-state index in [1.165, 1.54) is 23.0 Å². The maximum Gasteiger partial charge on any atom is 0.261 e. The van der Waals surface area contributed by atoms with Crippen LogP contribution in [0, 0.1) is 17.2 Å². The molecule has 1 aliphatic carbocycles. The van der Waals surface area contributed by atoms with Gasteiger partial charge in [-0.15, -0.1) is 0 Å². The number of benzene rings is 1. The van der Waals surface area contributed by atoms with Crippen molar-refractivity contribution in [3.8, 4) is 6.07 Å². The molecule has 1 atom stereocenters. The minimum Gasteiger partial charge on any atom is -0.336 e. The molecule has 8 heteroatoms. The molecule has 124 valence electrons. The fourth-order valence-corrected chi connectivity index (χ4v) is 3.22. The van der Waals surface area contributed by atoms with Gasteiger partial charge in [0.1, 0.15) is 12.1 Å². The molecule has 24 heavy (non-hydrogen) atoms. The Morgan fingerprint density at radius 1 is 1.50 bits per heavy atom. The molecule has 0 radical (unpaired) electrons. The molecule has 1 amide bonds. The van der Waals surface area contributed by atoms with E-state index in [1.807, 2.05) is 0 Å². The zero-order chi connectivity index (χ0) is 17.5. The second-order valence-corrected chi connectivity index (χ2v) is 6.94. The number of amides is 1. The average Bonchev–Trinajstić information content (AvgIpc) is 3.35. The van der Waals surface area contributed by atoms with Gasteiger partial charge in [0.15, 0.2) is 0 Å². The lowest BCUT2D eigenvalue weighted by Crippen LogP contribution is -2.48. The van der Waals surface area contributed by atoms with E-state index < -0.39 is 17.0 Å². The number of aromatic nitrogens is 2. The zero-order valence-corrected chi connectivity index (χ0v) is 14.4. The Balaban J connectivity index is 1.88. The Bertz CT molecular complexity index is 930. The van der Waals surface area contributed by atoms with E-state index in [0.717, 1.165) is 12.8 Å². The lowest BCUT2D eigenvalue weighted by Gasteiger charge is -2.23. The molecule has 0 saturated heterocycles. The molecular formula is C16H14Cl2N4O2. The third-order valence-corrected chi connectivity index (χ3v) is 4.69. The molecule has 1 aliphatic rings. The van der Waals surface area contributed by atoms with Gasteiger partial charge in [0, 0.05) is 5.02 Å². The highest BCUT2D eigenvalue weighted by Crippen LogP contribution is 2.39. The largest absolute Gasteiger partial charge is 0.336 e. The van der Waals surface area contributed by atoms with Crippen molar-refractivity contribution in [1.82, 2.24) is 14.9 Å². The summed E-state index contributed by atoms with van der Waals surface area (Å²) >= 11 is 12.0. The molecule has 0 unspecified atom stereocenters. The van der Waals surface area contributed by atoms with E-state index in [9.17, 15) is 14.9 Å². The monoisotopic (exact) mass is 364 g/mol. The Morgan fingerprint density at radius 2 is 2.21 bits per heavy atom. The van der Waals surface area contributed by atoms with E-state index in [1.54, 1.807) is 6.92 Å². The molecule has 0 bridgehead atoms. The number of carbonyl (C=O) groups excluding carboxylic acids is 1. The Morgan fingerprint density at radius 3 is 2.83 bits per heavy atom. The van der Waals surface area contributed by atoms with E-state index in [4.69, 9.17) is 23.2 Å². The van der Waals surface area contributed by atoms with Gasteiger partial charge in [0.25, 0.3) is 5.56 Å². The number of nitriles is 1. The number of hydrogen-bond donors (Lipinski definition) is 1. The summed E-state index contributed by atoms with van der Waals surface area (Å²) in [6.45, 7) is 1.47. The topological polar surface area (TPSA) is 87.8 Å². The first-order chi connectivity index (χ1) is 11.3. The van der Waals surface area contributed by atoms with Gasteiger partial charge in [-0.05, 0) is 37.8 Å². The van der Waals surface area contributed by atoms with Crippen molar-refractivity contribution in [3.63, 3.8) is 0 Å². The predicted octanol–water partition coefficient (Wildman–Crippen LogP) is 2.51. The molecule has 3 rings (SSSR count). The van der Waals surface area contributed by atoms with Gasteiger partial charge in [-0.25, -0.2) is 4.98 Å². The van der Waals surface area contributed by atoms with Crippen molar-refractivity contribution < 1.29 is 4.79 Å². The predicted molar refractivity (Wildman–Crippen MR) is 90.9 cm³/mol. The highest BCUT2D eigenvalue weighted by molar-refractivity contribution is 6.38. The summed E-state index contributed by atoms with van der Waals surface area (Å²) in [5.74, 6) is -0.252. The van der Waals surface area contributed by atoms with Crippen molar-refractivity contribution in [2.75, 3.05) is 0 Å². The quantitative estimate of drug-likeness (QED) is 0.902. The SMILES string of the molecule is C[C@](C#N)(NC(=O)Cn1cnc2c(Cl)cc(Cl)cc2c1=O)C1CC1. The van der Waals surface area contributed by atoms with Gasteiger partial charge in [-0.3, -0.25) is 14.2 Å². The van der Waals surface area contributed by atoms with E-state index in [0.29, 0.717) is 10.5 Å². The van der Waals surface area contributed by atoms with Gasteiger partial charge in [0.2, 0.25) is 5.91 Å². The Labute approximate surface area is 148 Å². The summed E-state index contributed by atoms with van der Waals surface area (Å²) in [4.78, 5) is 28.9. The summed E-state index contributed by atoms with van der Waals surface area (Å²) in [6, 6.07) is 5.12. The third kappa shape index (κ3) is 3.10.